The van der Waals surface area contributed by atoms with Gasteiger partial charge in [0, 0.05) is 11.4 Å². The van der Waals surface area contributed by atoms with Gasteiger partial charge in [-0.15, -0.1) is 0 Å². The van der Waals surface area contributed by atoms with Gasteiger partial charge in [-0.3, -0.25) is 0 Å². The Bertz CT molecular complexity index is 834. The van der Waals surface area contributed by atoms with E-state index in [9.17, 15) is 30.7 Å². The quantitative estimate of drug-likeness (QED) is 0.442. The Morgan fingerprint density at radius 2 is 1.46 bits per heavy atom. The normalized spacial score (nSPS) is 12.0. The molecule has 11 heteroatoms. The minimum Gasteiger partial charge on any atom is -0.332 e. The van der Waals surface area contributed by atoms with Gasteiger partial charge in [0.15, 0.2) is 5.11 Å². The Labute approximate surface area is 153 Å². The lowest BCUT2D eigenvalue weighted by Crippen LogP contribution is -2.20. The van der Waals surface area contributed by atoms with Crippen LogP contribution in [-0.2, 0) is 12.4 Å². The summed E-state index contributed by atoms with van der Waals surface area (Å²) in [4.78, 5) is 0. The first-order valence-corrected chi connectivity index (χ1v) is 7.47. The van der Waals surface area contributed by atoms with Crippen molar-refractivity contribution in [2.75, 3.05) is 10.6 Å². The van der Waals surface area contributed by atoms with E-state index in [1.807, 2.05) is 0 Å². The third-order valence-electron chi connectivity index (χ3n) is 3.01. The molecule has 0 saturated heterocycles. The third kappa shape index (κ3) is 5.21. The second kappa shape index (κ2) is 7.28. The van der Waals surface area contributed by atoms with E-state index >= 15 is 0 Å². The monoisotopic (exact) mass is 416 g/mol. The van der Waals surface area contributed by atoms with Crippen molar-refractivity contribution >= 4 is 40.3 Å². The van der Waals surface area contributed by atoms with Crippen LogP contribution in [0.5, 0.6) is 0 Å². The molecule has 0 heterocycles. The molecule has 0 aliphatic heterocycles. The summed E-state index contributed by atoms with van der Waals surface area (Å²) in [6.07, 6.45) is -9.47. The molecule has 0 aliphatic carbocycles. The van der Waals surface area contributed by atoms with Crippen molar-refractivity contribution in [1.82, 2.24) is 0 Å². The molecule has 0 unspecified atom stereocenters. The highest BCUT2D eigenvalue weighted by atomic mass is 35.5. The molecule has 0 saturated carbocycles. The molecule has 2 aromatic rings. The Morgan fingerprint density at radius 1 is 0.846 bits per heavy atom. The first kappa shape index (κ1) is 20.2. The van der Waals surface area contributed by atoms with Crippen LogP contribution in [0, 0.1) is 5.82 Å². The van der Waals surface area contributed by atoms with Gasteiger partial charge in [-0.25, -0.2) is 4.39 Å². The van der Waals surface area contributed by atoms with Crippen molar-refractivity contribution in [1.29, 1.82) is 0 Å². The van der Waals surface area contributed by atoms with Gasteiger partial charge < -0.3 is 10.6 Å². The number of anilines is 2. The standard InChI is InChI=1S/C15H8ClF7N2S/c16-12-2-1-9(6-11(12)15(21,22)23)24-13(26)25-10-4-7(14(18,19)20)3-8(17)5-10/h1-6H,(H2,24,25,26). The fourth-order valence-electron chi connectivity index (χ4n) is 1.94. The molecule has 0 fully saturated rings. The number of halogens is 8. The SMILES string of the molecule is Fc1cc(NC(=S)Nc2ccc(Cl)c(C(F)(F)F)c2)cc(C(F)(F)F)c1. The number of benzene rings is 2. The van der Waals surface area contributed by atoms with Crippen LogP contribution in [0.3, 0.4) is 0 Å². The summed E-state index contributed by atoms with van der Waals surface area (Å²) in [5.74, 6) is -1.16. The molecular formula is C15H8ClF7N2S. The van der Waals surface area contributed by atoms with Crippen molar-refractivity contribution in [3.63, 3.8) is 0 Å². The van der Waals surface area contributed by atoms with Gasteiger partial charge in [-0.1, -0.05) is 11.6 Å². The molecule has 2 nitrogen and oxygen atoms in total. The van der Waals surface area contributed by atoms with E-state index in [0.29, 0.717) is 18.2 Å². The molecule has 2 rings (SSSR count). The van der Waals surface area contributed by atoms with Crippen LogP contribution < -0.4 is 10.6 Å². The summed E-state index contributed by atoms with van der Waals surface area (Å²) in [5.41, 5.74) is -2.78. The maximum Gasteiger partial charge on any atom is 0.417 e. The van der Waals surface area contributed by atoms with Crippen LogP contribution in [0.25, 0.3) is 0 Å². The van der Waals surface area contributed by atoms with Crippen LogP contribution in [0.15, 0.2) is 36.4 Å². The number of thiocarbonyl (C=S) groups is 1. The van der Waals surface area contributed by atoms with Crippen LogP contribution in [0.1, 0.15) is 11.1 Å². The first-order chi connectivity index (χ1) is 11.9. The minimum atomic E-state index is -4.77. The number of nitrogens with one attached hydrogen (secondary N) is 2. The van der Waals surface area contributed by atoms with Crippen molar-refractivity contribution in [2.45, 2.75) is 12.4 Å². The van der Waals surface area contributed by atoms with Gasteiger partial charge in [0.05, 0.1) is 16.1 Å². The highest BCUT2D eigenvalue weighted by Crippen LogP contribution is 2.36. The highest BCUT2D eigenvalue weighted by Gasteiger charge is 2.33. The molecule has 2 aromatic carbocycles. The summed E-state index contributed by atoms with van der Waals surface area (Å²) >= 11 is 10.3. The summed E-state index contributed by atoms with van der Waals surface area (Å²) in [6.45, 7) is 0. The van der Waals surface area contributed by atoms with Gasteiger partial charge >= 0.3 is 12.4 Å². The highest BCUT2D eigenvalue weighted by molar-refractivity contribution is 7.80. The summed E-state index contributed by atoms with van der Waals surface area (Å²) in [7, 11) is 0. The zero-order chi connectivity index (χ0) is 19.7. The summed E-state index contributed by atoms with van der Waals surface area (Å²) in [6, 6.07) is 4.53. The number of rotatable bonds is 2. The van der Waals surface area contributed by atoms with Crippen molar-refractivity contribution in [2.24, 2.45) is 0 Å². The molecule has 2 N–H and O–H groups in total. The Hall–Kier alpha value is -2.07. The molecule has 26 heavy (non-hydrogen) atoms. The van der Waals surface area contributed by atoms with Gasteiger partial charge in [-0.2, -0.15) is 26.3 Å². The molecule has 0 aliphatic rings. The van der Waals surface area contributed by atoms with Gasteiger partial charge in [-0.05, 0) is 48.6 Å². The van der Waals surface area contributed by atoms with Gasteiger partial charge in [0.25, 0.3) is 0 Å². The van der Waals surface area contributed by atoms with Crippen molar-refractivity contribution in [3.05, 3.63) is 58.4 Å². The fraction of sp³-hybridized carbons (Fsp3) is 0.133. The molecule has 0 spiro atoms. The third-order valence-corrected chi connectivity index (χ3v) is 3.55. The zero-order valence-corrected chi connectivity index (χ0v) is 14.0. The topological polar surface area (TPSA) is 24.1 Å². The second-order valence-electron chi connectivity index (χ2n) is 5.00. The Morgan fingerprint density at radius 3 is 2.04 bits per heavy atom. The molecular weight excluding hydrogens is 409 g/mol. The second-order valence-corrected chi connectivity index (χ2v) is 5.81. The largest absolute Gasteiger partial charge is 0.417 e. The summed E-state index contributed by atoms with van der Waals surface area (Å²) in [5, 5.41) is 3.79. The Kier molecular flexibility index (Phi) is 5.67. The van der Waals surface area contributed by atoms with Gasteiger partial charge in [0.1, 0.15) is 5.82 Å². The molecule has 0 radical (unpaired) electrons. The van der Waals surface area contributed by atoms with Crippen LogP contribution >= 0.6 is 23.8 Å². The molecule has 0 atom stereocenters. The summed E-state index contributed by atoms with van der Waals surface area (Å²) < 4.78 is 89.7. The van der Waals surface area contributed by atoms with Gasteiger partial charge in [0.2, 0.25) is 0 Å². The van der Waals surface area contributed by atoms with E-state index in [1.54, 1.807) is 0 Å². The lowest BCUT2D eigenvalue weighted by molar-refractivity contribution is -0.138. The van der Waals surface area contributed by atoms with Crippen molar-refractivity contribution < 1.29 is 30.7 Å². The molecule has 0 bridgehead atoms. The van der Waals surface area contributed by atoms with E-state index in [4.69, 9.17) is 23.8 Å². The molecule has 140 valence electrons. The van der Waals surface area contributed by atoms with Crippen LogP contribution in [-0.4, -0.2) is 5.11 Å². The van der Waals surface area contributed by atoms with Crippen molar-refractivity contribution in [3.8, 4) is 0 Å². The van der Waals surface area contributed by atoms with E-state index in [1.165, 1.54) is 6.07 Å². The predicted octanol–water partition coefficient (Wildman–Crippen LogP) is 6.33. The zero-order valence-electron chi connectivity index (χ0n) is 12.4. The molecule has 0 amide bonds. The Balaban J connectivity index is 2.19. The number of hydrogen-bond donors (Lipinski definition) is 2. The van der Waals surface area contributed by atoms with E-state index < -0.39 is 34.3 Å². The fourth-order valence-corrected chi connectivity index (χ4v) is 2.40. The van der Waals surface area contributed by atoms with E-state index in [2.05, 4.69) is 10.6 Å². The maximum absolute atomic E-state index is 13.3. The number of alkyl halides is 6. The minimum absolute atomic E-state index is 0.105. The van der Waals surface area contributed by atoms with E-state index in [0.717, 1.165) is 12.1 Å². The van der Waals surface area contributed by atoms with Crippen LogP contribution in [0.2, 0.25) is 5.02 Å². The smallest absolute Gasteiger partial charge is 0.332 e. The predicted molar refractivity (Wildman–Crippen MR) is 87.7 cm³/mol. The number of hydrogen-bond acceptors (Lipinski definition) is 1. The maximum atomic E-state index is 13.3. The lowest BCUT2D eigenvalue weighted by Gasteiger charge is -2.15. The lowest BCUT2D eigenvalue weighted by atomic mass is 10.2. The van der Waals surface area contributed by atoms with Crippen LogP contribution in [0.4, 0.5) is 42.1 Å². The average Bonchev–Trinajstić information content (AvgIpc) is 2.46. The van der Waals surface area contributed by atoms with E-state index in [-0.39, 0.29) is 16.5 Å². The average molecular weight is 417 g/mol. The first-order valence-electron chi connectivity index (χ1n) is 6.69. The molecule has 0 aromatic heterocycles.